The molecule has 2 aromatic rings. The maximum atomic E-state index is 5.61. The second-order valence-electron chi connectivity index (χ2n) is 3.90. The highest BCUT2D eigenvalue weighted by atomic mass is 33.1. The summed E-state index contributed by atoms with van der Waals surface area (Å²) < 4.78 is 10.2. The normalized spacial score (nSPS) is 12.4. The first kappa shape index (κ1) is 13.3. The van der Waals surface area contributed by atoms with Gasteiger partial charge in [0.1, 0.15) is 23.7 Å². The van der Waals surface area contributed by atoms with Crippen LogP contribution in [-0.2, 0) is 6.61 Å². The Balaban J connectivity index is 1.96. The van der Waals surface area contributed by atoms with Gasteiger partial charge in [0.25, 0.3) is 0 Å². The molecule has 0 spiro atoms. The third kappa shape index (κ3) is 3.20. The Labute approximate surface area is 115 Å². The molecule has 0 aliphatic rings. The zero-order chi connectivity index (χ0) is 13.0. The van der Waals surface area contributed by atoms with Crippen molar-refractivity contribution in [3.8, 4) is 5.75 Å². The van der Waals surface area contributed by atoms with E-state index in [1.165, 1.54) is 16.4 Å². The van der Waals surface area contributed by atoms with Gasteiger partial charge in [0, 0.05) is 5.25 Å². The number of rotatable bonds is 5. The Bertz CT molecular complexity index is 499. The van der Waals surface area contributed by atoms with E-state index in [0.717, 1.165) is 17.1 Å². The van der Waals surface area contributed by atoms with Crippen molar-refractivity contribution in [3.05, 3.63) is 41.2 Å². The molecule has 18 heavy (non-hydrogen) atoms. The first-order chi connectivity index (χ1) is 8.70. The lowest BCUT2D eigenvalue weighted by molar-refractivity contribution is 0.270. The van der Waals surface area contributed by atoms with Gasteiger partial charge < -0.3 is 4.74 Å². The molecule has 1 aromatic carbocycles. The lowest BCUT2D eigenvalue weighted by atomic mass is 10.1. The van der Waals surface area contributed by atoms with E-state index in [-0.39, 0.29) is 0 Å². The summed E-state index contributed by atoms with van der Waals surface area (Å²) in [5, 5.41) is 7.83. The highest BCUT2D eigenvalue weighted by molar-refractivity contribution is 8.68. The van der Waals surface area contributed by atoms with Gasteiger partial charge in [-0.1, -0.05) is 33.2 Å². The highest BCUT2D eigenvalue weighted by Crippen LogP contribution is 2.31. The van der Waals surface area contributed by atoms with Gasteiger partial charge in [0.15, 0.2) is 0 Å². The van der Waals surface area contributed by atoms with Gasteiger partial charge in [0.05, 0.1) is 0 Å². The summed E-state index contributed by atoms with van der Waals surface area (Å²) in [5.41, 5.74) is 2.70. The van der Waals surface area contributed by atoms with Gasteiger partial charge in [-0.05, 0) is 31.5 Å². The molecule has 96 valence electrons. The molecule has 0 aliphatic heterocycles. The predicted octanol–water partition coefficient (Wildman–Crippen LogP) is 3.60. The van der Waals surface area contributed by atoms with Crippen LogP contribution >= 0.6 is 22.5 Å². The van der Waals surface area contributed by atoms with Gasteiger partial charge in [-0.3, -0.25) is 0 Å². The average Bonchev–Trinajstić information content (AvgIpc) is 2.81. The molecule has 1 unspecified atom stereocenters. The summed E-state index contributed by atoms with van der Waals surface area (Å²) >= 11 is 4.21. The average molecular weight is 282 g/mol. The van der Waals surface area contributed by atoms with Crippen molar-refractivity contribution in [3.63, 3.8) is 0 Å². The second-order valence-corrected chi connectivity index (χ2v) is 5.45. The Morgan fingerprint density at radius 3 is 2.61 bits per heavy atom. The molecule has 2 rings (SSSR count). The van der Waals surface area contributed by atoms with Gasteiger partial charge in [-0.2, -0.15) is 0 Å². The van der Waals surface area contributed by atoms with Crippen LogP contribution in [0.2, 0.25) is 0 Å². The largest absolute Gasteiger partial charge is 0.487 e. The lowest BCUT2D eigenvalue weighted by Gasteiger charge is -2.09. The first-order valence-electron chi connectivity index (χ1n) is 5.51. The molecule has 1 aromatic heterocycles. The summed E-state index contributed by atoms with van der Waals surface area (Å²) in [6, 6.07) is 7.96. The van der Waals surface area contributed by atoms with Crippen molar-refractivity contribution < 1.29 is 9.37 Å². The number of ether oxygens (including phenoxy) is 1. The molecule has 0 fully saturated rings. The van der Waals surface area contributed by atoms with Crippen molar-refractivity contribution in [1.29, 1.82) is 0 Å². The third-order valence-corrected chi connectivity index (χ3v) is 4.17. The molecule has 0 saturated carbocycles. The van der Waals surface area contributed by atoms with Crippen LogP contribution in [0.25, 0.3) is 0 Å². The fourth-order valence-corrected chi connectivity index (χ4v) is 2.07. The molecule has 0 N–H and O–H groups in total. The van der Waals surface area contributed by atoms with E-state index in [4.69, 9.17) is 4.74 Å². The van der Waals surface area contributed by atoms with Crippen LogP contribution in [0.1, 0.15) is 29.1 Å². The highest BCUT2D eigenvalue weighted by Gasteiger charge is 2.07. The van der Waals surface area contributed by atoms with E-state index in [9.17, 15) is 0 Å². The molecule has 4 nitrogen and oxygen atoms in total. The van der Waals surface area contributed by atoms with Crippen molar-refractivity contribution in [1.82, 2.24) is 10.3 Å². The molecule has 1 heterocycles. The monoisotopic (exact) mass is 282 g/mol. The fraction of sp³-hybridized carbons (Fsp3) is 0.333. The van der Waals surface area contributed by atoms with E-state index < -0.39 is 0 Å². The number of benzene rings is 1. The van der Waals surface area contributed by atoms with Crippen molar-refractivity contribution in [2.24, 2.45) is 0 Å². The SMILES string of the molecule is Cc1nonc1COc1ccc(C(C)SS)cc1. The van der Waals surface area contributed by atoms with Gasteiger partial charge in [-0.25, -0.2) is 4.63 Å². The Kier molecular flexibility index (Phi) is 4.54. The fourth-order valence-electron chi connectivity index (χ4n) is 1.43. The van der Waals surface area contributed by atoms with Crippen molar-refractivity contribution in [2.45, 2.75) is 25.7 Å². The van der Waals surface area contributed by atoms with Crippen molar-refractivity contribution in [2.75, 3.05) is 0 Å². The number of aromatic nitrogens is 2. The van der Waals surface area contributed by atoms with Gasteiger partial charge in [0.2, 0.25) is 0 Å². The molecule has 0 saturated heterocycles. The lowest BCUT2D eigenvalue weighted by Crippen LogP contribution is -1.98. The Morgan fingerprint density at radius 1 is 1.33 bits per heavy atom. The minimum Gasteiger partial charge on any atom is -0.487 e. The maximum absolute atomic E-state index is 5.61. The number of hydrogen-bond donors (Lipinski definition) is 1. The number of aryl methyl sites for hydroxylation is 1. The topological polar surface area (TPSA) is 48.2 Å². The number of hydrogen-bond acceptors (Lipinski definition) is 6. The van der Waals surface area contributed by atoms with Crippen LogP contribution in [0.15, 0.2) is 28.9 Å². The van der Waals surface area contributed by atoms with Gasteiger partial charge >= 0.3 is 0 Å². The van der Waals surface area contributed by atoms with Crippen molar-refractivity contribution >= 4 is 22.5 Å². The van der Waals surface area contributed by atoms with Crippen LogP contribution in [0.3, 0.4) is 0 Å². The molecule has 0 amide bonds. The van der Waals surface area contributed by atoms with Crippen LogP contribution in [0.5, 0.6) is 5.75 Å². The van der Waals surface area contributed by atoms with E-state index in [1.807, 2.05) is 31.2 Å². The summed E-state index contributed by atoms with van der Waals surface area (Å²) in [7, 11) is 1.52. The molecule has 1 atom stereocenters. The number of nitrogens with zero attached hydrogens (tertiary/aromatic N) is 2. The third-order valence-electron chi connectivity index (χ3n) is 2.63. The zero-order valence-electron chi connectivity index (χ0n) is 10.2. The zero-order valence-corrected chi connectivity index (χ0v) is 11.9. The summed E-state index contributed by atoms with van der Waals surface area (Å²) in [4.78, 5) is 0. The van der Waals surface area contributed by atoms with Gasteiger partial charge in [-0.15, -0.1) is 11.7 Å². The van der Waals surface area contributed by atoms with Crippen LogP contribution < -0.4 is 4.74 Å². The maximum Gasteiger partial charge on any atom is 0.145 e. The van der Waals surface area contributed by atoms with E-state index >= 15 is 0 Å². The van der Waals surface area contributed by atoms with E-state index in [2.05, 4.69) is 33.5 Å². The molecule has 0 bridgehead atoms. The minimum atomic E-state index is 0.365. The van der Waals surface area contributed by atoms with Crippen LogP contribution in [-0.4, -0.2) is 10.3 Å². The quantitative estimate of drug-likeness (QED) is 0.670. The van der Waals surface area contributed by atoms with Crippen LogP contribution in [0, 0.1) is 6.92 Å². The summed E-state index contributed by atoms with van der Waals surface area (Å²) in [6.45, 7) is 4.31. The van der Waals surface area contributed by atoms with E-state index in [0.29, 0.717) is 11.9 Å². The molecule has 0 aliphatic carbocycles. The molecule has 6 heteroatoms. The standard InChI is InChI=1S/C12H14N2O2S2/c1-8-12(14-16-13-8)7-15-11-5-3-10(4-6-11)9(2)18-17/h3-6,9,17H,7H2,1-2H3. The van der Waals surface area contributed by atoms with Crippen LogP contribution in [0.4, 0.5) is 0 Å². The predicted molar refractivity (Wildman–Crippen MR) is 74.8 cm³/mol. The summed E-state index contributed by atoms with van der Waals surface area (Å²) in [5.74, 6) is 0.803. The molecular weight excluding hydrogens is 268 g/mol. The smallest absolute Gasteiger partial charge is 0.145 e. The molecule has 0 radical (unpaired) electrons. The minimum absolute atomic E-state index is 0.365. The second kappa shape index (κ2) is 6.15. The first-order valence-corrected chi connectivity index (χ1v) is 7.45. The Hall–Kier alpha value is -1.14. The van der Waals surface area contributed by atoms with E-state index in [1.54, 1.807) is 0 Å². The Morgan fingerprint density at radius 2 is 2.06 bits per heavy atom. The number of thiol groups is 1. The summed E-state index contributed by atoms with van der Waals surface area (Å²) in [6.07, 6.45) is 0. The molecular formula is C12H14N2O2S2.